The molecule has 3 atom stereocenters. The van der Waals surface area contributed by atoms with E-state index in [2.05, 4.69) is 28.1 Å². The summed E-state index contributed by atoms with van der Waals surface area (Å²) in [7, 11) is 1.70. The number of hydrogen-bond donors (Lipinski definition) is 2. The number of primary amides is 1. The predicted molar refractivity (Wildman–Crippen MR) is 122 cm³/mol. The van der Waals surface area contributed by atoms with Gasteiger partial charge in [-0.25, -0.2) is 4.98 Å². The molecule has 1 aromatic carbocycles. The molecular weight excluding hydrogens is 412 g/mol. The number of carbonyl (C=O) groups excluding carboxylic acids is 1. The highest BCUT2D eigenvalue weighted by Gasteiger charge is 2.32. The third-order valence-electron chi connectivity index (χ3n) is 6.30. The molecule has 1 saturated heterocycles. The molecule has 0 spiro atoms. The number of amides is 1. The number of rotatable bonds is 4. The van der Waals surface area contributed by atoms with Gasteiger partial charge in [0.25, 0.3) is 5.91 Å². The molecule has 7 nitrogen and oxygen atoms in total. The second-order valence-corrected chi connectivity index (χ2v) is 9.36. The molecule has 0 aliphatic carbocycles. The van der Waals surface area contributed by atoms with E-state index in [4.69, 9.17) is 20.9 Å². The van der Waals surface area contributed by atoms with Crippen molar-refractivity contribution >= 4 is 33.1 Å². The lowest BCUT2D eigenvalue weighted by molar-refractivity contribution is 0.100. The Labute approximate surface area is 184 Å². The van der Waals surface area contributed by atoms with Crippen LogP contribution in [-0.4, -0.2) is 49.8 Å². The number of thiophene rings is 1. The molecule has 0 unspecified atom stereocenters. The fraction of sp³-hybridized carbons (Fsp3) is 0.391. The van der Waals surface area contributed by atoms with E-state index in [1.807, 2.05) is 19.1 Å². The van der Waals surface area contributed by atoms with Crippen LogP contribution in [0.25, 0.3) is 10.2 Å². The monoisotopic (exact) mass is 438 g/mol. The van der Waals surface area contributed by atoms with Gasteiger partial charge in [-0.3, -0.25) is 4.79 Å². The summed E-state index contributed by atoms with van der Waals surface area (Å²) >= 11 is 1.37. The minimum atomic E-state index is -0.408. The molecule has 3 aromatic rings. The Bertz CT molecular complexity index is 1160. The number of nitrogens with two attached hydrogens (primary N) is 2. The lowest BCUT2D eigenvalue weighted by Gasteiger charge is -2.28. The Hall–Kier alpha value is -2.68. The molecule has 1 amide bonds. The summed E-state index contributed by atoms with van der Waals surface area (Å²) in [6.45, 7) is 3.97. The Balaban J connectivity index is 1.44. The smallest absolute Gasteiger partial charge is 0.259 e. The minimum absolute atomic E-state index is 0.00247. The van der Waals surface area contributed by atoms with E-state index >= 15 is 0 Å². The largest absolute Gasteiger partial charge is 0.493 e. The summed E-state index contributed by atoms with van der Waals surface area (Å²) in [6.07, 6.45) is 0.827. The van der Waals surface area contributed by atoms with Crippen LogP contribution in [0.1, 0.15) is 32.4 Å². The molecule has 8 heteroatoms. The van der Waals surface area contributed by atoms with Crippen LogP contribution in [0.4, 0.5) is 5.69 Å². The van der Waals surface area contributed by atoms with Crippen LogP contribution in [-0.2, 0) is 11.2 Å². The van der Waals surface area contributed by atoms with Crippen LogP contribution >= 0.6 is 11.3 Å². The quantitative estimate of drug-likeness (QED) is 0.649. The van der Waals surface area contributed by atoms with Gasteiger partial charge in [-0.15, -0.1) is 11.3 Å². The first-order chi connectivity index (χ1) is 14.9. The first-order valence-corrected chi connectivity index (χ1v) is 11.2. The lowest BCUT2D eigenvalue weighted by Crippen LogP contribution is -2.34. The van der Waals surface area contributed by atoms with E-state index in [1.165, 1.54) is 11.3 Å². The number of carbonyl (C=O) groups is 1. The molecule has 0 saturated carbocycles. The number of benzene rings is 1. The van der Waals surface area contributed by atoms with Crippen molar-refractivity contribution in [1.82, 2.24) is 4.98 Å². The lowest BCUT2D eigenvalue weighted by atomic mass is 9.88. The zero-order valence-electron chi connectivity index (χ0n) is 17.6. The number of nitrogens with zero attached hydrogens (tertiary/aromatic N) is 2. The first kappa shape index (κ1) is 20.2. The maximum atomic E-state index is 12.2. The van der Waals surface area contributed by atoms with Gasteiger partial charge >= 0.3 is 0 Å². The number of hydrogen-bond acceptors (Lipinski definition) is 7. The second-order valence-electron chi connectivity index (χ2n) is 8.36. The van der Waals surface area contributed by atoms with Crippen LogP contribution in [0.3, 0.4) is 0 Å². The zero-order chi connectivity index (χ0) is 21.7. The van der Waals surface area contributed by atoms with Gasteiger partial charge in [-0.2, -0.15) is 0 Å². The molecule has 1 fully saturated rings. The fourth-order valence-electron chi connectivity index (χ4n) is 4.68. The first-order valence-electron chi connectivity index (χ1n) is 10.4. The van der Waals surface area contributed by atoms with E-state index < -0.39 is 5.91 Å². The molecular formula is C23H26N4O3S. The highest BCUT2D eigenvalue weighted by Crippen LogP contribution is 2.41. The summed E-state index contributed by atoms with van der Waals surface area (Å²) in [5.41, 5.74) is 16.0. The average molecular weight is 439 g/mol. The van der Waals surface area contributed by atoms with E-state index in [-0.39, 0.29) is 18.1 Å². The molecule has 5 rings (SSSR count). The van der Waals surface area contributed by atoms with Gasteiger partial charge in [0.1, 0.15) is 10.6 Å². The molecule has 4 heterocycles. The summed E-state index contributed by atoms with van der Waals surface area (Å²) in [5, 5.41) is 0.995. The minimum Gasteiger partial charge on any atom is -0.493 e. The summed E-state index contributed by atoms with van der Waals surface area (Å²) < 4.78 is 11.7. The van der Waals surface area contributed by atoms with Crippen molar-refractivity contribution < 1.29 is 14.3 Å². The topological polar surface area (TPSA) is 104 Å². The van der Waals surface area contributed by atoms with Crippen LogP contribution in [0, 0.1) is 6.92 Å². The average Bonchev–Trinajstić information content (AvgIpc) is 3.33. The van der Waals surface area contributed by atoms with Crippen LogP contribution in [0.2, 0.25) is 0 Å². The van der Waals surface area contributed by atoms with E-state index in [0.717, 1.165) is 58.0 Å². The van der Waals surface area contributed by atoms with Gasteiger partial charge in [0, 0.05) is 49.0 Å². The maximum Gasteiger partial charge on any atom is 0.259 e. The number of methoxy groups -OCH3 is 1. The molecule has 2 aliphatic heterocycles. The third-order valence-corrected chi connectivity index (χ3v) is 7.43. The van der Waals surface area contributed by atoms with Gasteiger partial charge in [0.2, 0.25) is 0 Å². The van der Waals surface area contributed by atoms with Crippen molar-refractivity contribution in [3.05, 3.63) is 52.0 Å². The van der Waals surface area contributed by atoms with Crippen molar-refractivity contribution in [1.29, 1.82) is 0 Å². The molecule has 2 aliphatic rings. The van der Waals surface area contributed by atoms with Gasteiger partial charge in [0.15, 0.2) is 0 Å². The summed E-state index contributed by atoms with van der Waals surface area (Å²) in [4.78, 5) is 20.4. The second kappa shape index (κ2) is 7.78. The Morgan fingerprint density at radius 3 is 2.87 bits per heavy atom. The standard InChI is InChI=1S/C23H26N4O3S/c1-12-3-6-16-20(21(22(25)28)31-23(16)26-12)14-7-13-4-5-15(8-18(13)30-11-14)27-9-17(24)19(10-27)29-2/h3-6,8,14,17,19H,7,9-11,24H2,1-2H3,(H2,25,28)/t14-,17-,19-/m0/s1. The van der Waals surface area contributed by atoms with E-state index in [9.17, 15) is 4.79 Å². The number of ether oxygens (including phenoxy) is 2. The third kappa shape index (κ3) is 3.54. The van der Waals surface area contributed by atoms with Gasteiger partial charge in [-0.1, -0.05) is 6.07 Å². The SMILES string of the molecule is CO[C@H]1CN(c2ccc3c(c2)OC[C@@H](c2c(C(N)=O)sc4nc(C)ccc24)C3)C[C@@H]1N. The molecule has 2 aromatic heterocycles. The zero-order valence-corrected chi connectivity index (χ0v) is 18.4. The van der Waals surface area contributed by atoms with Crippen molar-refractivity contribution in [3.8, 4) is 5.75 Å². The highest BCUT2D eigenvalue weighted by molar-refractivity contribution is 7.20. The van der Waals surface area contributed by atoms with Gasteiger partial charge in [0.05, 0.1) is 23.6 Å². The van der Waals surface area contributed by atoms with Crippen LogP contribution in [0.5, 0.6) is 5.75 Å². The number of fused-ring (bicyclic) bond motifs is 2. The molecule has 162 valence electrons. The van der Waals surface area contributed by atoms with E-state index in [1.54, 1.807) is 7.11 Å². The van der Waals surface area contributed by atoms with Gasteiger partial charge in [-0.05, 0) is 42.7 Å². The van der Waals surface area contributed by atoms with Crippen molar-refractivity contribution in [2.45, 2.75) is 31.4 Å². The Kier molecular flexibility index (Phi) is 5.08. The summed E-state index contributed by atoms with van der Waals surface area (Å²) in [6, 6.07) is 10.3. The van der Waals surface area contributed by atoms with Gasteiger partial charge < -0.3 is 25.8 Å². The Morgan fingerprint density at radius 1 is 1.29 bits per heavy atom. The number of aryl methyl sites for hydroxylation is 1. The summed E-state index contributed by atoms with van der Waals surface area (Å²) in [5.74, 6) is 0.532. The van der Waals surface area contributed by atoms with Crippen molar-refractivity contribution in [2.24, 2.45) is 11.5 Å². The predicted octanol–water partition coefficient (Wildman–Crippen LogP) is 2.58. The van der Waals surface area contributed by atoms with Crippen LogP contribution in [0.15, 0.2) is 30.3 Å². The molecule has 0 bridgehead atoms. The number of pyridine rings is 1. The molecule has 31 heavy (non-hydrogen) atoms. The highest BCUT2D eigenvalue weighted by atomic mass is 32.1. The van der Waals surface area contributed by atoms with Crippen LogP contribution < -0.4 is 21.1 Å². The molecule has 0 radical (unpaired) electrons. The fourth-order valence-corrected chi connectivity index (χ4v) is 5.84. The van der Waals surface area contributed by atoms with Crippen molar-refractivity contribution in [3.63, 3.8) is 0 Å². The number of anilines is 1. The normalized spacial score (nSPS) is 23.1. The Morgan fingerprint density at radius 2 is 2.13 bits per heavy atom. The molecule has 4 N–H and O–H groups in total. The number of aromatic nitrogens is 1. The van der Waals surface area contributed by atoms with E-state index in [0.29, 0.717) is 11.5 Å². The maximum absolute atomic E-state index is 12.2. The van der Waals surface area contributed by atoms with Crippen molar-refractivity contribution in [2.75, 3.05) is 31.7 Å².